The van der Waals surface area contributed by atoms with Crippen molar-refractivity contribution in [1.82, 2.24) is 4.90 Å². The Hall–Kier alpha value is -1.55. The van der Waals surface area contributed by atoms with E-state index < -0.39 is 0 Å². The number of fused-ring (bicyclic) bond motifs is 1. The summed E-state index contributed by atoms with van der Waals surface area (Å²) < 4.78 is 0. The van der Waals surface area contributed by atoms with Gasteiger partial charge in [0.05, 0.1) is 17.9 Å². The van der Waals surface area contributed by atoms with Crippen LogP contribution in [0.5, 0.6) is 0 Å². The van der Waals surface area contributed by atoms with Crippen molar-refractivity contribution in [3.05, 3.63) is 24.3 Å². The number of anilines is 2. The zero-order chi connectivity index (χ0) is 14.7. The first kappa shape index (κ1) is 14.4. The molecule has 2 aliphatic rings. The quantitative estimate of drug-likeness (QED) is 0.840. The Balaban J connectivity index is 1.60. The summed E-state index contributed by atoms with van der Waals surface area (Å²) in [5, 5.41) is 2.95. The number of benzene rings is 1. The van der Waals surface area contributed by atoms with Crippen LogP contribution >= 0.6 is 0 Å². The van der Waals surface area contributed by atoms with Gasteiger partial charge in [-0.1, -0.05) is 25.0 Å². The van der Waals surface area contributed by atoms with Crippen molar-refractivity contribution in [3.63, 3.8) is 0 Å². The lowest BCUT2D eigenvalue weighted by Crippen LogP contribution is -2.49. The summed E-state index contributed by atoms with van der Waals surface area (Å²) in [6, 6.07) is 8.05. The van der Waals surface area contributed by atoms with Crippen molar-refractivity contribution < 1.29 is 4.79 Å². The third-order valence-electron chi connectivity index (χ3n) is 4.94. The number of piperidine rings is 1. The summed E-state index contributed by atoms with van der Waals surface area (Å²) >= 11 is 0. The highest BCUT2D eigenvalue weighted by Crippen LogP contribution is 2.35. The second-order valence-electron chi connectivity index (χ2n) is 6.36. The van der Waals surface area contributed by atoms with Crippen molar-refractivity contribution >= 4 is 17.3 Å². The Labute approximate surface area is 126 Å². The summed E-state index contributed by atoms with van der Waals surface area (Å²) in [6.07, 6.45) is 7.84. The predicted molar refractivity (Wildman–Crippen MR) is 86.0 cm³/mol. The highest BCUT2D eigenvalue weighted by atomic mass is 16.2. The standard InChI is InChI=1S/C17H25N3O/c18-14-8-2-3-9-15(14)19-17(21)12-20-11-5-7-13-6-1-4-10-16(13)20/h2-3,8-9,13,16H,1,4-7,10-12,18H2,(H,19,21)/t13-,16-/m1/s1. The van der Waals surface area contributed by atoms with Crippen LogP contribution in [0, 0.1) is 5.92 Å². The second kappa shape index (κ2) is 6.48. The SMILES string of the molecule is Nc1ccccc1NC(=O)CN1CCC[C@H]2CCCC[C@H]21. The van der Waals surface area contributed by atoms with Gasteiger partial charge in [-0.05, 0) is 50.3 Å². The zero-order valence-corrected chi connectivity index (χ0v) is 12.6. The number of nitrogens with one attached hydrogen (secondary N) is 1. The molecule has 1 heterocycles. The van der Waals surface area contributed by atoms with E-state index in [9.17, 15) is 4.79 Å². The number of amides is 1. The van der Waals surface area contributed by atoms with Crippen LogP contribution in [-0.4, -0.2) is 29.9 Å². The Bertz CT molecular complexity index is 501. The fourth-order valence-electron chi connectivity index (χ4n) is 3.91. The van der Waals surface area contributed by atoms with Gasteiger partial charge in [-0.25, -0.2) is 0 Å². The molecule has 0 radical (unpaired) electrons. The number of rotatable bonds is 3. The van der Waals surface area contributed by atoms with Crippen LogP contribution in [0.1, 0.15) is 38.5 Å². The molecule has 4 heteroatoms. The Morgan fingerprint density at radius 1 is 1.19 bits per heavy atom. The van der Waals surface area contributed by atoms with E-state index in [1.807, 2.05) is 24.3 Å². The molecule has 1 aliphatic carbocycles. The van der Waals surface area contributed by atoms with Crippen molar-refractivity contribution in [2.45, 2.75) is 44.6 Å². The number of hydrogen-bond donors (Lipinski definition) is 2. The van der Waals surface area contributed by atoms with E-state index in [-0.39, 0.29) is 5.91 Å². The zero-order valence-electron chi connectivity index (χ0n) is 12.6. The molecule has 2 fully saturated rings. The molecular weight excluding hydrogens is 262 g/mol. The molecule has 1 amide bonds. The van der Waals surface area contributed by atoms with Gasteiger partial charge in [0.1, 0.15) is 0 Å². The molecule has 1 aromatic rings. The number of hydrogen-bond acceptors (Lipinski definition) is 3. The molecule has 1 aliphatic heterocycles. The van der Waals surface area contributed by atoms with Crippen LogP contribution in [0.15, 0.2) is 24.3 Å². The monoisotopic (exact) mass is 287 g/mol. The van der Waals surface area contributed by atoms with Gasteiger partial charge in [-0.3, -0.25) is 9.69 Å². The van der Waals surface area contributed by atoms with E-state index in [0.717, 1.165) is 18.2 Å². The highest BCUT2D eigenvalue weighted by molar-refractivity contribution is 5.95. The van der Waals surface area contributed by atoms with E-state index in [1.165, 1.54) is 38.5 Å². The van der Waals surface area contributed by atoms with Crippen LogP contribution in [0.25, 0.3) is 0 Å². The summed E-state index contributed by atoms with van der Waals surface area (Å²) in [5.41, 5.74) is 7.23. The summed E-state index contributed by atoms with van der Waals surface area (Å²) in [7, 11) is 0. The maximum atomic E-state index is 12.3. The molecule has 3 rings (SSSR count). The molecule has 1 saturated carbocycles. The third-order valence-corrected chi connectivity index (χ3v) is 4.94. The van der Waals surface area contributed by atoms with E-state index >= 15 is 0 Å². The molecule has 0 bridgehead atoms. The molecule has 0 aromatic heterocycles. The third kappa shape index (κ3) is 3.38. The fourth-order valence-corrected chi connectivity index (χ4v) is 3.91. The van der Waals surface area contributed by atoms with E-state index in [4.69, 9.17) is 5.73 Å². The molecule has 0 spiro atoms. The minimum absolute atomic E-state index is 0.0547. The average Bonchev–Trinajstić information content (AvgIpc) is 2.50. The molecule has 114 valence electrons. The minimum atomic E-state index is 0.0547. The summed E-state index contributed by atoms with van der Waals surface area (Å²) in [5.74, 6) is 0.862. The van der Waals surface area contributed by atoms with Crippen LogP contribution in [-0.2, 0) is 4.79 Å². The second-order valence-corrected chi connectivity index (χ2v) is 6.36. The Morgan fingerprint density at radius 3 is 2.81 bits per heavy atom. The Kier molecular flexibility index (Phi) is 4.44. The lowest BCUT2D eigenvalue weighted by Gasteiger charge is -2.43. The van der Waals surface area contributed by atoms with Crippen LogP contribution in [0.3, 0.4) is 0 Å². The van der Waals surface area contributed by atoms with Crippen molar-refractivity contribution in [3.8, 4) is 0 Å². The molecule has 1 aromatic carbocycles. The van der Waals surface area contributed by atoms with Crippen LogP contribution < -0.4 is 11.1 Å². The maximum absolute atomic E-state index is 12.3. The lowest BCUT2D eigenvalue weighted by atomic mass is 9.78. The molecule has 1 saturated heterocycles. The van der Waals surface area contributed by atoms with Gasteiger partial charge in [0.15, 0.2) is 0 Å². The molecular formula is C17H25N3O. The van der Waals surface area contributed by atoms with E-state index in [2.05, 4.69) is 10.2 Å². The molecule has 0 unspecified atom stereocenters. The van der Waals surface area contributed by atoms with Gasteiger partial charge in [-0.15, -0.1) is 0 Å². The first-order valence-corrected chi connectivity index (χ1v) is 8.12. The molecule has 4 nitrogen and oxygen atoms in total. The topological polar surface area (TPSA) is 58.4 Å². The van der Waals surface area contributed by atoms with E-state index in [0.29, 0.717) is 18.3 Å². The number of likely N-dealkylation sites (tertiary alicyclic amines) is 1. The highest BCUT2D eigenvalue weighted by Gasteiger charge is 2.33. The largest absolute Gasteiger partial charge is 0.397 e. The number of carbonyl (C=O) groups is 1. The maximum Gasteiger partial charge on any atom is 0.238 e. The summed E-state index contributed by atoms with van der Waals surface area (Å²) in [6.45, 7) is 1.55. The normalized spacial score (nSPS) is 26.1. The van der Waals surface area contributed by atoms with Gasteiger partial charge >= 0.3 is 0 Å². The predicted octanol–water partition coefficient (Wildman–Crippen LogP) is 2.86. The number of nitrogen functional groups attached to an aromatic ring is 1. The summed E-state index contributed by atoms with van der Waals surface area (Å²) in [4.78, 5) is 14.7. The minimum Gasteiger partial charge on any atom is -0.397 e. The first-order valence-electron chi connectivity index (χ1n) is 8.12. The van der Waals surface area contributed by atoms with Gasteiger partial charge < -0.3 is 11.1 Å². The van der Waals surface area contributed by atoms with Gasteiger partial charge in [0.2, 0.25) is 5.91 Å². The Morgan fingerprint density at radius 2 is 1.95 bits per heavy atom. The first-order chi connectivity index (χ1) is 10.2. The molecule has 21 heavy (non-hydrogen) atoms. The van der Waals surface area contributed by atoms with Gasteiger partial charge in [0.25, 0.3) is 0 Å². The van der Waals surface area contributed by atoms with E-state index in [1.54, 1.807) is 0 Å². The molecule has 2 atom stereocenters. The number of carbonyl (C=O) groups excluding carboxylic acids is 1. The van der Waals surface area contributed by atoms with Crippen LogP contribution in [0.2, 0.25) is 0 Å². The van der Waals surface area contributed by atoms with Gasteiger partial charge in [-0.2, -0.15) is 0 Å². The number of nitrogens with zero attached hydrogens (tertiary/aromatic N) is 1. The van der Waals surface area contributed by atoms with Crippen molar-refractivity contribution in [2.24, 2.45) is 5.92 Å². The van der Waals surface area contributed by atoms with Crippen molar-refractivity contribution in [2.75, 3.05) is 24.1 Å². The van der Waals surface area contributed by atoms with Crippen LogP contribution in [0.4, 0.5) is 11.4 Å². The number of para-hydroxylation sites is 2. The fraction of sp³-hybridized carbons (Fsp3) is 0.588. The van der Waals surface area contributed by atoms with Gasteiger partial charge in [0, 0.05) is 6.04 Å². The number of nitrogens with two attached hydrogens (primary N) is 1. The molecule has 3 N–H and O–H groups in total. The average molecular weight is 287 g/mol. The smallest absolute Gasteiger partial charge is 0.238 e. The van der Waals surface area contributed by atoms with Crippen molar-refractivity contribution in [1.29, 1.82) is 0 Å². The lowest BCUT2D eigenvalue weighted by molar-refractivity contribution is -0.118.